The van der Waals surface area contributed by atoms with E-state index in [1.54, 1.807) is 21.3 Å². The van der Waals surface area contributed by atoms with Crippen LogP contribution in [-0.2, 0) is 14.3 Å². The number of hydrogen-bond donors (Lipinski definition) is 0. The Morgan fingerprint density at radius 3 is 2.19 bits per heavy atom. The minimum Gasteiger partial charge on any atom is -0.493 e. The van der Waals surface area contributed by atoms with Gasteiger partial charge in [0, 0.05) is 23.7 Å². The molecule has 2 saturated carbocycles. The predicted octanol–water partition coefficient (Wildman–Crippen LogP) is 6.56. The van der Waals surface area contributed by atoms with Crippen LogP contribution >= 0.6 is 0 Å². The lowest BCUT2D eigenvalue weighted by Gasteiger charge is -2.38. The molecule has 0 N–H and O–H groups in total. The molecule has 8 heteroatoms. The third-order valence-corrected chi connectivity index (χ3v) is 8.64. The zero-order valence-corrected chi connectivity index (χ0v) is 25.2. The van der Waals surface area contributed by atoms with E-state index in [1.165, 1.54) is 0 Å². The van der Waals surface area contributed by atoms with Crippen molar-refractivity contribution in [2.75, 3.05) is 27.9 Å². The summed E-state index contributed by atoms with van der Waals surface area (Å²) in [6.07, 6.45) is 5.53. The molecule has 8 nitrogen and oxygen atoms in total. The maximum absolute atomic E-state index is 14.1. The first-order valence-electron chi connectivity index (χ1n) is 14.9. The standard InChI is InChI=1S/C34H41NO7/c1-6-15-41-28-14-12-22(19-30(28)40-5)32-31(34(37)42-24-9-7-8-10-24)20(2)35-25-16-23(17-26(36)33(25)32)21-11-13-27(38-3)29(18-21)39-4/h11-14,18-19,23-24,32-33H,6-10,15-17H2,1-5H3/t23-,32+,33?/m0/s1. The number of aliphatic imine (C=N–C) groups is 1. The van der Waals surface area contributed by atoms with Crippen molar-refractivity contribution < 1.29 is 33.3 Å². The Morgan fingerprint density at radius 1 is 0.857 bits per heavy atom. The second-order valence-electron chi connectivity index (χ2n) is 11.3. The largest absolute Gasteiger partial charge is 0.493 e. The summed E-state index contributed by atoms with van der Waals surface area (Å²) in [5, 5.41) is 0. The second-order valence-corrected chi connectivity index (χ2v) is 11.3. The number of rotatable bonds is 10. The Kier molecular flexibility index (Phi) is 9.19. The van der Waals surface area contributed by atoms with Crippen LogP contribution in [-0.4, -0.2) is 51.5 Å². The van der Waals surface area contributed by atoms with Gasteiger partial charge in [0.1, 0.15) is 11.9 Å². The Bertz CT molecular complexity index is 1390. The fourth-order valence-electron chi connectivity index (χ4n) is 6.57. The highest BCUT2D eigenvalue weighted by Crippen LogP contribution is 2.48. The molecule has 2 fully saturated rings. The van der Waals surface area contributed by atoms with Gasteiger partial charge in [-0.1, -0.05) is 19.1 Å². The Hall–Kier alpha value is -3.81. The molecule has 2 aromatic carbocycles. The Morgan fingerprint density at radius 2 is 1.50 bits per heavy atom. The Balaban J connectivity index is 1.54. The van der Waals surface area contributed by atoms with Gasteiger partial charge in [0.15, 0.2) is 23.0 Å². The van der Waals surface area contributed by atoms with Gasteiger partial charge < -0.3 is 23.7 Å². The number of methoxy groups -OCH3 is 3. The van der Waals surface area contributed by atoms with Crippen LogP contribution in [0.25, 0.3) is 0 Å². The van der Waals surface area contributed by atoms with E-state index in [0.717, 1.165) is 48.9 Å². The van der Waals surface area contributed by atoms with E-state index in [2.05, 4.69) is 0 Å². The quantitative estimate of drug-likeness (QED) is 0.296. The highest BCUT2D eigenvalue weighted by Gasteiger charge is 2.46. The summed E-state index contributed by atoms with van der Waals surface area (Å²) in [6.45, 7) is 4.46. The SMILES string of the molecule is CCCOc1ccc([C@@H]2C(C(=O)OC3CCCC3)=C(C)N=C3C[C@H](c4ccc(OC)c(OC)c4)CC(=O)C32)cc1OC. The van der Waals surface area contributed by atoms with E-state index < -0.39 is 11.8 Å². The van der Waals surface area contributed by atoms with Gasteiger partial charge in [-0.05, 0) is 86.8 Å². The molecule has 0 amide bonds. The highest BCUT2D eigenvalue weighted by atomic mass is 16.5. The molecule has 0 radical (unpaired) electrons. The maximum atomic E-state index is 14.1. The molecule has 3 atom stereocenters. The fourth-order valence-corrected chi connectivity index (χ4v) is 6.57. The molecule has 0 bridgehead atoms. The Labute approximate surface area is 248 Å². The van der Waals surface area contributed by atoms with Crippen LogP contribution < -0.4 is 18.9 Å². The normalized spacial score (nSPS) is 22.4. The molecule has 1 heterocycles. The number of carbonyl (C=O) groups excluding carboxylic acids is 2. The van der Waals surface area contributed by atoms with Crippen molar-refractivity contribution in [3.05, 3.63) is 58.8 Å². The first kappa shape index (κ1) is 29.7. The van der Waals surface area contributed by atoms with Crippen LogP contribution in [0.15, 0.2) is 52.7 Å². The van der Waals surface area contributed by atoms with Crippen molar-refractivity contribution in [2.45, 2.75) is 76.7 Å². The second kappa shape index (κ2) is 13.0. The zero-order chi connectivity index (χ0) is 29.8. The van der Waals surface area contributed by atoms with Gasteiger partial charge in [0.2, 0.25) is 0 Å². The van der Waals surface area contributed by atoms with Crippen LogP contribution in [0.4, 0.5) is 0 Å². The van der Waals surface area contributed by atoms with Gasteiger partial charge in [-0.2, -0.15) is 0 Å². The molecule has 5 rings (SSSR count). The van der Waals surface area contributed by atoms with Gasteiger partial charge in [0.05, 0.1) is 39.4 Å². The number of benzene rings is 2. The average molecular weight is 576 g/mol. The van der Waals surface area contributed by atoms with E-state index in [9.17, 15) is 9.59 Å². The van der Waals surface area contributed by atoms with Crippen LogP contribution in [0.5, 0.6) is 23.0 Å². The lowest BCUT2D eigenvalue weighted by Crippen LogP contribution is -2.41. The third kappa shape index (κ3) is 5.90. The number of fused-ring (bicyclic) bond motifs is 1. The van der Waals surface area contributed by atoms with Crippen molar-refractivity contribution in [1.82, 2.24) is 0 Å². The first-order valence-corrected chi connectivity index (χ1v) is 14.9. The molecular formula is C34H41NO7. The molecule has 1 unspecified atom stereocenters. The molecule has 0 saturated heterocycles. The van der Waals surface area contributed by atoms with E-state index in [0.29, 0.717) is 53.7 Å². The molecule has 42 heavy (non-hydrogen) atoms. The lowest BCUT2D eigenvalue weighted by molar-refractivity contribution is -0.144. The van der Waals surface area contributed by atoms with Crippen LogP contribution in [0.2, 0.25) is 0 Å². The summed E-state index contributed by atoms with van der Waals surface area (Å²) >= 11 is 0. The summed E-state index contributed by atoms with van der Waals surface area (Å²) < 4.78 is 28.5. The number of hydrogen-bond acceptors (Lipinski definition) is 8. The lowest BCUT2D eigenvalue weighted by atomic mass is 9.66. The molecule has 2 aliphatic carbocycles. The molecular weight excluding hydrogens is 534 g/mol. The van der Waals surface area contributed by atoms with Crippen LogP contribution in [0, 0.1) is 5.92 Å². The van der Waals surface area contributed by atoms with Gasteiger partial charge in [-0.3, -0.25) is 9.79 Å². The summed E-state index contributed by atoms with van der Waals surface area (Å²) in [6, 6.07) is 11.5. The summed E-state index contributed by atoms with van der Waals surface area (Å²) in [4.78, 5) is 32.8. The van der Waals surface area contributed by atoms with Gasteiger partial charge in [0.25, 0.3) is 0 Å². The minimum absolute atomic E-state index is 0.0497. The minimum atomic E-state index is -0.566. The number of ether oxygens (including phenoxy) is 5. The third-order valence-electron chi connectivity index (χ3n) is 8.64. The number of carbonyl (C=O) groups is 2. The zero-order valence-electron chi connectivity index (χ0n) is 25.2. The van der Waals surface area contributed by atoms with Gasteiger partial charge in [-0.15, -0.1) is 0 Å². The number of Topliss-reactive ketones (excluding diaryl/α,β-unsaturated/α-hetero) is 1. The van der Waals surface area contributed by atoms with Gasteiger partial charge >= 0.3 is 5.97 Å². The number of ketones is 1. The average Bonchev–Trinajstić information content (AvgIpc) is 3.51. The van der Waals surface area contributed by atoms with Crippen LogP contribution in [0.3, 0.4) is 0 Å². The molecule has 3 aliphatic rings. The molecule has 0 spiro atoms. The molecule has 224 valence electrons. The number of nitrogens with zero attached hydrogens (tertiary/aromatic N) is 1. The molecule has 1 aliphatic heterocycles. The topological polar surface area (TPSA) is 92.7 Å². The van der Waals surface area contributed by atoms with Gasteiger partial charge in [-0.25, -0.2) is 4.79 Å². The van der Waals surface area contributed by atoms with E-state index in [-0.39, 0.29) is 23.8 Å². The summed E-state index contributed by atoms with van der Waals surface area (Å²) in [7, 11) is 4.80. The molecule has 2 aromatic rings. The van der Waals surface area contributed by atoms with Crippen molar-refractivity contribution in [2.24, 2.45) is 10.9 Å². The van der Waals surface area contributed by atoms with E-state index in [1.807, 2.05) is 50.2 Å². The number of esters is 1. The van der Waals surface area contributed by atoms with Crippen molar-refractivity contribution >= 4 is 17.5 Å². The van der Waals surface area contributed by atoms with Crippen molar-refractivity contribution in [3.63, 3.8) is 0 Å². The van der Waals surface area contributed by atoms with Crippen molar-refractivity contribution in [3.8, 4) is 23.0 Å². The predicted molar refractivity (Wildman–Crippen MR) is 160 cm³/mol. The molecule has 0 aromatic heterocycles. The highest BCUT2D eigenvalue weighted by molar-refractivity contribution is 6.12. The first-order chi connectivity index (χ1) is 20.4. The van der Waals surface area contributed by atoms with E-state index in [4.69, 9.17) is 28.7 Å². The number of allylic oxidation sites excluding steroid dienone is 1. The maximum Gasteiger partial charge on any atom is 0.336 e. The van der Waals surface area contributed by atoms with Crippen LogP contribution in [0.1, 0.15) is 81.8 Å². The fraction of sp³-hybridized carbons (Fsp3) is 0.500. The van der Waals surface area contributed by atoms with Crippen molar-refractivity contribution in [1.29, 1.82) is 0 Å². The summed E-state index contributed by atoms with van der Waals surface area (Å²) in [5.74, 6) is 0.972. The summed E-state index contributed by atoms with van der Waals surface area (Å²) in [5.41, 5.74) is 3.64. The smallest absolute Gasteiger partial charge is 0.336 e. The van der Waals surface area contributed by atoms with E-state index >= 15 is 0 Å². The monoisotopic (exact) mass is 575 g/mol.